The maximum atomic E-state index is 12.2. The molecule has 2 heterocycles. The number of benzene rings is 2. The second-order valence-electron chi connectivity index (χ2n) is 6.70. The van der Waals surface area contributed by atoms with Gasteiger partial charge in [0.25, 0.3) is 0 Å². The van der Waals surface area contributed by atoms with Crippen molar-refractivity contribution in [2.45, 2.75) is 13.3 Å². The zero-order valence-electron chi connectivity index (χ0n) is 15.9. The summed E-state index contributed by atoms with van der Waals surface area (Å²) in [6, 6.07) is 17.5. The number of amides is 2. The van der Waals surface area contributed by atoms with Crippen LogP contribution in [-0.2, 0) is 16.0 Å². The van der Waals surface area contributed by atoms with Crippen molar-refractivity contribution >= 4 is 39.2 Å². The fraction of sp³-hybridized carbons (Fsp3) is 0.136. The Hall–Kier alpha value is -3.45. The molecule has 6 nitrogen and oxygen atoms in total. The van der Waals surface area contributed by atoms with Crippen molar-refractivity contribution in [1.82, 2.24) is 15.3 Å². The van der Waals surface area contributed by atoms with Gasteiger partial charge in [-0.15, -0.1) is 11.3 Å². The van der Waals surface area contributed by atoms with Crippen molar-refractivity contribution in [2.24, 2.45) is 0 Å². The van der Waals surface area contributed by atoms with Crippen molar-refractivity contribution in [3.63, 3.8) is 0 Å². The molecular weight excluding hydrogens is 384 g/mol. The highest BCUT2D eigenvalue weighted by Gasteiger charge is 2.15. The second kappa shape index (κ2) is 8.28. The highest BCUT2D eigenvalue weighted by Crippen LogP contribution is 2.33. The van der Waals surface area contributed by atoms with Crippen LogP contribution in [0.2, 0.25) is 0 Å². The van der Waals surface area contributed by atoms with Gasteiger partial charge in [0.15, 0.2) is 5.13 Å². The Morgan fingerprint density at radius 2 is 1.79 bits per heavy atom. The van der Waals surface area contributed by atoms with E-state index < -0.39 is 0 Å². The second-order valence-corrected chi connectivity index (χ2v) is 7.55. The van der Waals surface area contributed by atoms with Gasteiger partial charge < -0.3 is 15.6 Å². The smallest absolute Gasteiger partial charge is 0.245 e. The molecule has 0 unspecified atom stereocenters. The van der Waals surface area contributed by atoms with Gasteiger partial charge in [-0.25, -0.2) is 4.98 Å². The van der Waals surface area contributed by atoms with Crippen LogP contribution in [0.4, 0.5) is 5.13 Å². The van der Waals surface area contributed by atoms with Crippen LogP contribution in [0.5, 0.6) is 0 Å². The van der Waals surface area contributed by atoms with Crippen LogP contribution < -0.4 is 10.6 Å². The number of para-hydroxylation sites is 1. The number of aromatic amines is 1. The third-order valence-corrected chi connectivity index (χ3v) is 5.31. The highest BCUT2D eigenvalue weighted by molar-refractivity contribution is 7.14. The maximum Gasteiger partial charge on any atom is 0.245 e. The molecule has 2 amide bonds. The van der Waals surface area contributed by atoms with Crippen LogP contribution in [-0.4, -0.2) is 28.3 Å². The third kappa shape index (κ3) is 4.35. The largest absolute Gasteiger partial charge is 0.358 e. The van der Waals surface area contributed by atoms with E-state index >= 15 is 0 Å². The van der Waals surface area contributed by atoms with E-state index in [1.54, 1.807) is 0 Å². The summed E-state index contributed by atoms with van der Waals surface area (Å²) in [5, 5.41) is 8.92. The molecule has 7 heteroatoms. The summed E-state index contributed by atoms with van der Waals surface area (Å²) in [6.07, 6.45) is 0.245. The number of carbonyl (C=O) groups is 2. The fourth-order valence-corrected chi connectivity index (χ4v) is 3.96. The maximum absolute atomic E-state index is 12.2. The van der Waals surface area contributed by atoms with Crippen LogP contribution in [0.25, 0.3) is 22.2 Å². The van der Waals surface area contributed by atoms with E-state index in [2.05, 4.69) is 20.6 Å². The topological polar surface area (TPSA) is 86.9 Å². The van der Waals surface area contributed by atoms with E-state index in [0.717, 1.165) is 33.4 Å². The lowest BCUT2D eigenvalue weighted by molar-refractivity contribution is -0.123. The van der Waals surface area contributed by atoms with E-state index in [-0.39, 0.29) is 24.8 Å². The predicted octanol–water partition coefficient (Wildman–Crippen LogP) is 3.90. The normalized spacial score (nSPS) is 10.8. The Balaban J connectivity index is 1.37. The molecule has 0 bridgehead atoms. The molecule has 29 heavy (non-hydrogen) atoms. The van der Waals surface area contributed by atoms with Crippen LogP contribution in [0.3, 0.4) is 0 Å². The first-order valence-corrected chi connectivity index (χ1v) is 10.1. The molecule has 2 aromatic heterocycles. The predicted molar refractivity (Wildman–Crippen MR) is 116 cm³/mol. The molecule has 0 saturated carbocycles. The van der Waals surface area contributed by atoms with Crippen molar-refractivity contribution in [3.05, 3.63) is 71.2 Å². The number of nitrogens with zero attached hydrogens (tertiary/aromatic N) is 1. The Bertz CT molecular complexity index is 1160. The minimum Gasteiger partial charge on any atom is -0.358 e. The van der Waals surface area contributed by atoms with E-state index in [9.17, 15) is 9.59 Å². The van der Waals surface area contributed by atoms with E-state index in [4.69, 9.17) is 0 Å². The monoisotopic (exact) mass is 404 g/mol. The Morgan fingerprint density at radius 3 is 2.62 bits per heavy atom. The molecule has 0 aliphatic carbocycles. The van der Waals surface area contributed by atoms with E-state index in [1.807, 2.05) is 66.9 Å². The quantitative estimate of drug-likeness (QED) is 0.456. The Morgan fingerprint density at radius 1 is 1.03 bits per heavy atom. The Labute approximate surface area is 172 Å². The zero-order valence-corrected chi connectivity index (χ0v) is 16.7. The summed E-state index contributed by atoms with van der Waals surface area (Å²) in [5.41, 5.74) is 4.84. The van der Waals surface area contributed by atoms with Crippen LogP contribution in [0, 0.1) is 6.92 Å². The van der Waals surface area contributed by atoms with Gasteiger partial charge in [0, 0.05) is 27.5 Å². The summed E-state index contributed by atoms with van der Waals surface area (Å²) in [4.78, 5) is 32.1. The van der Waals surface area contributed by atoms with Crippen molar-refractivity contribution in [3.8, 4) is 11.3 Å². The molecule has 2 aromatic carbocycles. The number of rotatable bonds is 6. The summed E-state index contributed by atoms with van der Waals surface area (Å²) in [7, 11) is 0. The number of aryl methyl sites for hydroxylation is 1. The minimum absolute atomic E-state index is 0.0906. The molecule has 4 aromatic rings. The first-order valence-electron chi connectivity index (χ1n) is 9.24. The number of aromatic nitrogens is 2. The highest BCUT2D eigenvalue weighted by atomic mass is 32.1. The van der Waals surface area contributed by atoms with Crippen molar-refractivity contribution in [2.75, 3.05) is 11.9 Å². The number of anilines is 1. The van der Waals surface area contributed by atoms with Crippen molar-refractivity contribution in [1.29, 1.82) is 0 Å². The molecule has 0 aliphatic heterocycles. The number of fused-ring (bicyclic) bond motifs is 1. The van der Waals surface area contributed by atoms with Gasteiger partial charge in [-0.1, -0.05) is 48.5 Å². The van der Waals surface area contributed by atoms with E-state index in [0.29, 0.717) is 5.13 Å². The first kappa shape index (κ1) is 18.9. The summed E-state index contributed by atoms with van der Waals surface area (Å²) in [5.74, 6) is -0.497. The zero-order chi connectivity index (χ0) is 20.2. The van der Waals surface area contributed by atoms with Gasteiger partial charge in [0.1, 0.15) is 0 Å². The van der Waals surface area contributed by atoms with E-state index in [1.165, 1.54) is 11.3 Å². The molecule has 0 radical (unpaired) electrons. The van der Waals surface area contributed by atoms with Gasteiger partial charge in [-0.3, -0.25) is 9.59 Å². The summed E-state index contributed by atoms with van der Waals surface area (Å²) < 4.78 is 0. The molecule has 0 aliphatic rings. The molecule has 146 valence electrons. The molecule has 4 rings (SSSR count). The fourth-order valence-electron chi connectivity index (χ4n) is 3.24. The third-order valence-electron chi connectivity index (χ3n) is 4.55. The molecule has 3 N–H and O–H groups in total. The number of hydrogen-bond donors (Lipinski definition) is 3. The number of carbonyl (C=O) groups excluding carboxylic acids is 2. The van der Waals surface area contributed by atoms with Crippen LogP contribution in [0.1, 0.15) is 11.3 Å². The van der Waals surface area contributed by atoms with Gasteiger partial charge in [0.05, 0.1) is 18.7 Å². The number of H-pyrrole nitrogens is 1. The molecule has 0 fully saturated rings. The van der Waals surface area contributed by atoms with Gasteiger partial charge in [-0.2, -0.15) is 0 Å². The lowest BCUT2D eigenvalue weighted by atomic mass is 10.1. The average molecular weight is 404 g/mol. The number of thiazole rings is 1. The minimum atomic E-state index is -0.303. The molecule has 0 saturated heterocycles. The lowest BCUT2D eigenvalue weighted by Gasteiger charge is -2.05. The summed E-state index contributed by atoms with van der Waals surface area (Å²) >= 11 is 1.36. The molecule has 0 atom stereocenters. The SMILES string of the molecule is Cc1[nH]c2ccccc2c1-c1csc(NC(=O)CNC(=O)Cc2ccccc2)n1. The van der Waals surface area contributed by atoms with Crippen molar-refractivity contribution < 1.29 is 9.59 Å². The number of hydrogen-bond acceptors (Lipinski definition) is 4. The van der Waals surface area contributed by atoms with Crippen LogP contribution in [0.15, 0.2) is 60.0 Å². The van der Waals surface area contributed by atoms with Gasteiger partial charge >= 0.3 is 0 Å². The molecule has 0 spiro atoms. The van der Waals surface area contributed by atoms with Gasteiger partial charge in [0.2, 0.25) is 11.8 Å². The summed E-state index contributed by atoms with van der Waals surface area (Å²) in [6.45, 7) is 1.92. The standard InChI is InChI=1S/C22H20N4O2S/c1-14-21(16-9-5-6-10-17(16)24-14)18-13-29-22(25-18)26-20(28)12-23-19(27)11-15-7-3-2-4-8-15/h2-10,13,24H,11-12H2,1H3,(H,23,27)(H,25,26,28). The average Bonchev–Trinajstić information content (AvgIpc) is 3.30. The number of nitrogens with one attached hydrogen (secondary N) is 3. The Kier molecular flexibility index (Phi) is 5.39. The first-order chi connectivity index (χ1) is 14.1. The lowest BCUT2D eigenvalue weighted by Crippen LogP contribution is -2.33. The molecular formula is C22H20N4O2S. The van der Waals surface area contributed by atoms with Gasteiger partial charge in [-0.05, 0) is 18.6 Å². The van der Waals surface area contributed by atoms with Crippen LogP contribution >= 0.6 is 11.3 Å².